The van der Waals surface area contributed by atoms with E-state index in [1.165, 1.54) is 17.9 Å². The highest BCUT2D eigenvalue weighted by atomic mass is 32.2. The summed E-state index contributed by atoms with van der Waals surface area (Å²) in [5.41, 5.74) is 1.15. The number of aromatic nitrogens is 2. The minimum absolute atomic E-state index is 0.127. The van der Waals surface area contributed by atoms with E-state index in [9.17, 15) is 13.2 Å². The Morgan fingerprint density at radius 2 is 1.89 bits per heavy atom. The van der Waals surface area contributed by atoms with Crippen LogP contribution in [0, 0.1) is 6.92 Å². The van der Waals surface area contributed by atoms with Crippen LogP contribution in [-0.4, -0.2) is 49.4 Å². The molecule has 1 amide bonds. The van der Waals surface area contributed by atoms with Crippen LogP contribution >= 0.6 is 0 Å². The van der Waals surface area contributed by atoms with Crippen molar-refractivity contribution >= 4 is 21.7 Å². The van der Waals surface area contributed by atoms with Crippen LogP contribution in [-0.2, 0) is 17.1 Å². The molecule has 2 N–H and O–H groups in total. The lowest BCUT2D eigenvalue weighted by Gasteiger charge is -2.21. The number of aryl methyl sites for hydroxylation is 2. The second-order valence-corrected chi connectivity index (χ2v) is 8.30. The van der Waals surface area contributed by atoms with Crippen molar-refractivity contribution in [3.63, 3.8) is 0 Å². The molecular weight excluding hydrogens is 368 g/mol. The maximum Gasteiger partial charge on any atom is 0.265 e. The Morgan fingerprint density at radius 1 is 1.22 bits per heavy atom. The first kappa shape index (κ1) is 20.9. The lowest BCUT2D eigenvalue weighted by atomic mass is 10.2. The van der Waals surface area contributed by atoms with E-state index in [4.69, 9.17) is 5.11 Å². The molecule has 0 unspecified atom stereocenters. The third-order valence-corrected chi connectivity index (χ3v) is 6.01. The van der Waals surface area contributed by atoms with Crippen molar-refractivity contribution in [3.8, 4) is 0 Å². The minimum Gasteiger partial charge on any atom is -0.396 e. The van der Waals surface area contributed by atoms with Crippen LogP contribution in [0.5, 0.6) is 0 Å². The molecule has 1 aromatic carbocycles. The molecular formula is C18H26N4O4S. The van der Waals surface area contributed by atoms with E-state index in [2.05, 4.69) is 10.4 Å². The number of hydrogen-bond donors (Lipinski definition) is 2. The Labute approximate surface area is 159 Å². The lowest BCUT2D eigenvalue weighted by Crippen LogP contribution is -2.32. The first-order chi connectivity index (χ1) is 12.8. The van der Waals surface area contributed by atoms with E-state index >= 15 is 0 Å². The smallest absolute Gasteiger partial charge is 0.265 e. The minimum atomic E-state index is -3.83. The summed E-state index contributed by atoms with van der Waals surface area (Å²) in [6.07, 6.45) is 3.59. The number of benzene rings is 1. The molecule has 0 radical (unpaired) electrons. The molecule has 2 aromatic rings. The molecule has 0 bridgehead atoms. The number of nitrogens with zero attached hydrogens (tertiary/aromatic N) is 3. The summed E-state index contributed by atoms with van der Waals surface area (Å²) < 4.78 is 28.3. The largest absolute Gasteiger partial charge is 0.396 e. The summed E-state index contributed by atoms with van der Waals surface area (Å²) in [5.74, 6) is -0.184. The highest BCUT2D eigenvalue weighted by Crippen LogP contribution is 2.25. The Morgan fingerprint density at radius 3 is 2.52 bits per heavy atom. The summed E-state index contributed by atoms with van der Waals surface area (Å²) in [6.45, 7) is 2.45. The lowest BCUT2D eigenvalue weighted by molar-refractivity contribution is 0.0953. The predicted octanol–water partition coefficient (Wildman–Crippen LogP) is 1.45. The first-order valence-electron chi connectivity index (χ1n) is 8.75. The van der Waals surface area contributed by atoms with Crippen LogP contribution in [0.1, 0.15) is 35.2 Å². The second-order valence-electron chi connectivity index (χ2n) is 6.33. The molecule has 9 heteroatoms. The Bertz CT molecular complexity index is 875. The highest BCUT2D eigenvalue weighted by molar-refractivity contribution is 7.92. The van der Waals surface area contributed by atoms with E-state index in [0.29, 0.717) is 13.0 Å². The summed E-state index contributed by atoms with van der Waals surface area (Å²) >= 11 is 0. The van der Waals surface area contributed by atoms with Gasteiger partial charge in [-0.05, 0) is 38.3 Å². The second kappa shape index (κ2) is 9.01. The molecule has 0 aliphatic rings. The first-order valence-corrected chi connectivity index (χ1v) is 10.2. The third-order valence-electron chi connectivity index (χ3n) is 4.25. The fourth-order valence-corrected chi connectivity index (χ4v) is 3.90. The van der Waals surface area contributed by atoms with Crippen molar-refractivity contribution in [2.75, 3.05) is 24.5 Å². The number of unbranched alkanes of at least 4 members (excludes halogenated alkanes) is 2. The number of hydrogen-bond acceptors (Lipinski definition) is 5. The number of nitrogens with one attached hydrogen (secondary N) is 1. The third kappa shape index (κ3) is 4.86. The van der Waals surface area contributed by atoms with Gasteiger partial charge in [0.1, 0.15) is 5.56 Å². The van der Waals surface area contributed by atoms with Crippen molar-refractivity contribution in [1.29, 1.82) is 0 Å². The molecule has 148 valence electrons. The maximum atomic E-state index is 12.9. The van der Waals surface area contributed by atoms with E-state index in [1.807, 2.05) is 6.92 Å². The van der Waals surface area contributed by atoms with E-state index in [-0.39, 0.29) is 28.8 Å². The van der Waals surface area contributed by atoms with Crippen LogP contribution in [0.3, 0.4) is 0 Å². The maximum absolute atomic E-state index is 12.9. The molecule has 0 atom stereocenters. The highest BCUT2D eigenvalue weighted by Gasteiger charge is 2.28. The fourth-order valence-electron chi connectivity index (χ4n) is 2.66. The monoisotopic (exact) mass is 394 g/mol. The summed E-state index contributed by atoms with van der Waals surface area (Å²) in [6, 6.07) is 6.53. The number of anilines is 1. The van der Waals surface area contributed by atoms with Crippen LogP contribution in [0.15, 0.2) is 35.4 Å². The number of aliphatic hydroxyl groups excluding tert-OH is 1. The standard InChI is InChI=1S/C18H26N4O4S/c1-14-7-9-15(10-8-14)27(25,26)22(3)18-16(13-20-21(18)2)17(24)19-11-5-4-6-12-23/h7-10,13,23H,4-6,11-12H2,1-3H3,(H,19,24). The normalized spacial score (nSPS) is 11.4. The number of amides is 1. The SMILES string of the molecule is Cc1ccc(S(=O)(=O)N(C)c2c(C(=O)NCCCCCO)cnn2C)cc1. The fraction of sp³-hybridized carbons (Fsp3) is 0.444. The number of aliphatic hydroxyl groups is 1. The van der Waals surface area contributed by atoms with Crippen molar-refractivity contribution in [1.82, 2.24) is 15.1 Å². The van der Waals surface area contributed by atoms with Gasteiger partial charge in [-0.2, -0.15) is 5.10 Å². The van der Waals surface area contributed by atoms with E-state index in [0.717, 1.165) is 22.7 Å². The van der Waals surface area contributed by atoms with Crippen molar-refractivity contribution in [2.45, 2.75) is 31.1 Å². The molecule has 0 spiro atoms. The van der Waals surface area contributed by atoms with Gasteiger partial charge in [0.05, 0.1) is 11.1 Å². The molecule has 0 saturated heterocycles. The quantitative estimate of drug-likeness (QED) is 0.627. The summed E-state index contributed by atoms with van der Waals surface area (Å²) in [5, 5.41) is 15.6. The zero-order chi connectivity index (χ0) is 20.0. The van der Waals surface area contributed by atoms with E-state index in [1.54, 1.807) is 31.3 Å². The van der Waals surface area contributed by atoms with Crippen molar-refractivity contribution in [3.05, 3.63) is 41.6 Å². The Hall–Kier alpha value is -2.39. The molecule has 0 aliphatic heterocycles. The zero-order valence-electron chi connectivity index (χ0n) is 15.8. The summed E-state index contributed by atoms with van der Waals surface area (Å²) in [4.78, 5) is 12.6. The molecule has 0 aliphatic carbocycles. The number of carbonyl (C=O) groups excluding carboxylic acids is 1. The molecule has 2 rings (SSSR count). The van der Waals surface area contributed by atoms with Gasteiger partial charge in [0.15, 0.2) is 5.82 Å². The zero-order valence-corrected chi connectivity index (χ0v) is 16.7. The van der Waals surface area contributed by atoms with E-state index < -0.39 is 10.0 Å². The van der Waals surface area contributed by atoms with Crippen LogP contribution in [0.4, 0.5) is 5.82 Å². The van der Waals surface area contributed by atoms with Gasteiger partial charge in [-0.25, -0.2) is 8.42 Å². The molecule has 8 nitrogen and oxygen atoms in total. The van der Waals surface area contributed by atoms with Gasteiger partial charge in [0.25, 0.3) is 15.9 Å². The van der Waals surface area contributed by atoms with Crippen LogP contribution < -0.4 is 9.62 Å². The van der Waals surface area contributed by atoms with Gasteiger partial charge >= 0.3 is 0 Å². The van der Waals surface area contributed by atoms with Gasteiger partial charge in [0.2, 0.25) is 0 Å². The number of rotatable bonds is 9. The molecule has 27 heavy (non-hydrogen) atoms. The Kier molecular flexibility index (Phi) is 6.98. The van der Waals surface area contributed by atoms with Gasteiger partial charge < -0.3 is 10.4 Å². The predicted molar refractivity (Wildman–Crippen MR) is 103 cm³/mol. The summed E-state index contributed by atoms with van der Waals surface area (Å²) in [7, 11) is -0.826. The Balaban J connectivity index is 2.21. The average Bonchev–Trinajstić information content (AvgIpc) is 3.02. The molecule has 1 aromatic heterocycles. The van der Waals surface area contributed by atoms with Crippen molar-refractivity contribution < 1.29 is 18.3 Å². The van der Waals surface area contributed by atoms with Gasteiger partial charge in [0, 0.05) is 27.2 Å². The van der Waals surface area contributed by atoms with Crippen LogP contribution in [0.2, 0.25) is 0 Å². The molecule has 0 saturated carbocycles. The van der Waals surface area contributed by atoms with Gasteiger partial charge in [-0.1, -0.05) is 17.7 Å². The van der Waals surface area contributed by atoms with Crippen LogP contribution in [0.25, 0.3) is 0 Å². The molecule has 0 fully saturated rings. The molecule has 1 heterocycles. The number of carbonyl (C=O) groups is 1. The topological polar surface area (TPSA) is 105 Å². The van der Waals surface area contributed by atoms with Gasteiger partial charge in [-0.3, -0.25) is 13.8 Å². The average molecular weight is 394 g/mol. The van der Waals surface area contributed by atoms with Crippen molar-refractivity contribution in [2.24, 2.45) is 7.05 Å². The van der Waals surface area contributed by atoms with Gasteiger partial charge in [-0.15, -0.1) is 0 Å². The number of sulfonamides is 1.